The van der Waals surface area contributed by atoms with Crippen LogP contribution in [0.4, 0.5) is 0 Å². The molecule has 0 spiro atoms. The SMILES string of the molecule is CC1CCCCC1(C)NCC(C)(C)C. The molecule has 0 heterocycles. The minimum absolute atomic E-state index is 0.394. The molecule has 2 unspecified atom stereocenters. The van der Waals surface area contributed by atoms with Crippen LogP contribution in [0.1, 0.15) is 60.3 Å². The van der Waals surface area contributed by atoms with Crippen molar-refractivity contribution in [3.63, 3.8) is 0 Å². The van der Waals surface area contributed by atoms with E-state index in [1.54, 1.807) is 0 Å². The minimum Gasteiger partial charge on any atom is -0.311 e. The van der Waals surface area contributed by atoms with E-state index >= 15 is 0 Å². The summed E-state index contributed by atoms with van der Waals surface area (Å²) in [5.41, 5.74) is 0.797. The molecule has 1 aliphatic carbocycles. The summed E-state index contributed by atoms with van der Waals surface area (Å²) in [7, 11) is 0. The first-order chi connectivity index (χ1) is 6.33. The molecule has 0 bridgehead atoms. The van der Waals surface area contributed by atoms with Crippen LogP contribution >= 0.6 is 0 Å². The second kappa shape index (κ2) is 4.22. The third-order valence-electron chi connectivity index (χ3n) is 3.69. The molecule has 2 atom stereocenters. The van der Waals surface area contributed by atoms with Crippen LogP contribution in [0.2, 0.25) is 0 Å². The molecule has 1 aliphatic rings. The van der Waals surface area contributed by atoms with E-state index in [2.05, 4.69) is 39.9 Å². The standard InChI is InChI=1S/C13H27N/c1-11-8-6-7-9-13(11,5)14-10-12(2,3)4/h11,14H,6-10H2,1-5H3. The summed E-state index contributed by atoms with van der Waals surface area (Å²) < 4.78 is 0. The predicted molar refractivity (Wildman–Crippen MR) is 63.5 cm³/mol. The Morgan fingerprint density at radius 3 is 2.43 bits per heavy atom. The number of hydrogen-bond acceptors (Lipinski definition) is 1. The van der Waals surface area contributed by atoms with E-state index in [0.717, 1.165) is 12.5 Å². The van der Waals surface area contributed by atoms with Crippen LogP contribution in [0.3, 0.4) is 0 Å². The molecule has 0 saturated heterocycles. The molecule has 14 heavy (non-hydrogen) atoms. The van der Waals surface area contributed by atoms with Gasteiger partial charge in [-0.3, -0.25) is 0 Å². The van der Waals surface area contributed by atoms with Crippen LogP contribution in [0.25, 0.3) is 0 Å². The van der Waals surface area contributed by atoms with Gasteiger partial charge >= 0.3 is 0 Å². The largest absolute Gasteiger partial charge is 0.311 e. The van der Waals surface area contributed by atoms with Crippen LogP contribution < -0.4 is 5.32 Å². The van der Waals surface area contributed by atoms with Gasteiger partial charge in [0, 0.05) is 12.1 Å². The molecule has 84 valence electrons. The second-order valence-corrected chi connectivity index (χ2v) is 6.48. The lowest BCUT2D eigenvalue weighted by Crippen LogP contribution is -2.51. The lowest BCUT2D eigenvalue weighted by atomic mass is 9.74. The fraction of sp³-hybridized carbons (Fsp3) is 1.00. The highest BCUT2D eigenvalue weighted by atomic mass is 15.0. The van der Waals surface area contributed by atoms with Crippen LogP contribution in [0, 0.1) is 11.3 Å². The van der Waals surface area contributed by atoms with Gasteiger partial charge in [0.25, 0.3) is 0 Å². The van der Waals surface area contributed by atoms with Crippen LogP contribution in [0.15, 0.2) is 0 Å². The predicted octanol–water partition coefficient (Wildman–Crippen LogP) is 3.59. The van der Waals surface area contributed by atoms with Crippen molar-refractivity contribution in [1.82, 2.24) is 5.32 Å². The summed E-state index contributed by atoms with van der Waals surface area (Å²) in [6, 6.07) is 0. The summed E-state index contributed by atoms with van der Waals surface area (Å²) in [5.74, 6) is 0.832. The van der Waals surface area contributed by atoms with Crippen molar-refractivity contribution in [1.29, 1.82) is 0 Å². The molecule has 1 rings (SSSR count). The summed E-state index contributed by atoms with van der Waals surface area (Å²) in [6.45, 7) is 12.8. The molecule has 0 aromatic heterocycles. The maximum absolute atomic E-state index is 3.79. The number of nitrogens with one attached hydrogen (secondary N) is 1. The van der Waals surface area contributed by atoms with E-state index < -0.39 is 0 Å². The van der Waals surface area contributed by atoms with E-state index in [1.165, 1.54) is 25.7 Å². The topological polar surface area (TPSA) is 12.0 Å². The van der Waals surface area contributed by atoms with E-state index in [0.29, 0.717) is 11.0 Å². The maximum Gasteiger partial charge on any atom is 0.0179 e. The average Bonchev–Trinajstić information content (AvgIpc) is 2.06. The second-order valence-electron chi connectivity index (χ2n) is 6.48. The Morgan fingerprint density at radius 1 is 1.29 bits per heavy atom. The third-order valence-corrected chi connectivity index (χ3v) is 3.69. The zero-order valence-electron chi connectivity index (χ0n) is 10.6. The number of hydrogen-bond donors (Lipinski definition) is 1. The van der Waals surface area contributed by atoms with Crippen molar-refractivity contribution in [3.8, 4) is 0 Å². The summed E-state index contributed by atoms with van der Waals surface area (Å²) in [4.78, 5) is 0. The molecule has 1 nitrogen and oxygen atoms in total. The zero-order valence-corrected chi connectivity index (χ0v) is 10.6. The molecule has 0 radical (unpaired) electrons. The van der Waals surface area contributed by atoms with Crippen LogP contribution in [-0.4, -0.2) is 12.1 Å². The Bertz CT molecular complexity index is 180. The Balaban J connectivity index is 2.47. The van der Waals surface area contributed by atoms with Gasteiger partial charge in [-0.1, -0.05) is 40.5 Å². The minimum atomic E-state index is 0.394. The highest BCUT2D eigenvalue weighted by Crippen LogP contribution is 2.33. The number of rotatable bonds is 2. The first-order valence-electron chi connectivity index (χ1n) is 6.08. The van der Waals surface area contributed by atoms with Gasteiger partial charge in [-0.2, -0.15) is 0 Å². The summed E-state index contributed by atoms with van der Waals surface area (Å²) in [5, 5.41) is 3.79. The quantitative estimate of drug-likeness (QED) is 0.713. The molecule has 1 N–H and O–H groups in total. The molecule has 1 saturated carbocycles. The Morgan fingerprint density at radius 2 is 1.93 bits per heavy atom. The first-order valence-corrected chi connectivity index (χ1v) is 6.08. The Labute approximate surface area is 89.7 Å². The molecule has 0 amide bonds. The fourth-order valence-corrected chi connectivity index (χ4v) is 2.24. The molecule has 1 fully saturated rings. The monoisotopic (exact) mass is 197 g/mol. The zero-order chi connectivity index (χ0) is 10.8. The molecular weight excluding hydrogens is 170 g/mol. The van der Waals surface area contributed by atoms with E-state index in [-0.39, 0.29) is 0 Å². The normalized spacial score (nSPS) is 34.5. The van der Waals surface area contributed by atoms with Crippen molar-refractivity contribution >= 4 is 0 Å². The smallest absolute Gasteiger partial charge is 0.0179 e. The highest BCUT2D eigenvalue weighted by Gasteiger charge is 2.33. The van der Waals surface area contributed by atoms with Gasteiger partial charge in [-0.05, 0) is 31.1 Å². The highest BCUT2D eigenvalue weighted by molar-refractivity contribution is 4.92. The van der Waals surface area contributed by atoms with Gasteiger partial charge in [-0.15, -0.1) is 0 Å². The molecule has 0 aromatic rings. The van der Waals surface area contributed by atoms with Gasteiger partial charge in [0.15, 0.2) is 0 Å². The molecular formula is C13H27N. The van der Waals surface area contributed by atoms with Crippen molar-refractivity contribution in [2.24, 2.45) is 11.3 Å². The molecule has 1 heteroatoms. The van der Waals surface area contributed by atoms with Crippen molar-refractivity contribution in [3.05, 3.63) is 0 Å². The Kier molecular flexibility index (Phi) is 3.63. The van der Waals surface area contributed by atoms with Crippen molar-refractivity contribution < 1.29 is 0 Å². The van der Waals surface area contributed by atoms with Gasteiger partial charge < -0.3 is 5.32 Å². The first kappa shape index (κ1) is 12.0. The lowest BCUT2D eigenvalue weighted by Gasteiger charge is -2.42. The molecule has 0 aliphatic heterocycles. The third kappa shape index (κ3) is 3.27. The van der Waals surface area contributed by atoms with E-state index in [4.69, 9.17) is 0 Å². The summed E-state index contributed by atoms with van der Waals surface area (Å²) >= 11 is 0. The fourth-order valence-electron chi connectivity index (χ4n) is 2.24. The maximum atomic E-state index is 3.79. The average molecular weight is 197 g/mol. The van der Waals surface area contributed by atoms with Gasteiger partial charge in [0.1, 0.15) is 0 Å². The summed E-state index contributed by atoms with van der Waals surface area (Å²) in [6.07, 6.45) is 5.57. The van der Waals surface area contributed by atoms with Crippen molar-refractivity contribution in [2.45, 2.75) is 65.8 Å². The van der Waals surface area contributed by atoms with E-state index in [1.807, 2.05) is 0 Å². The molecule has 0 aromatic carbocycles. The van der Waals surface area contributed by atoms with Gasteiger partial charge in [0.05, 0.1) is 0 Å². The van der Waals surface area contributed by atoms with Crippen molar-refractivity contribution in [2.75, 3.05) is 6.54 Å². The van der Waals surface area contributed by atoms with Crippen LogP contribution in [-0.2, 0) is 0 Å². The lowest BCUT2D eigenvalue weighted by molar-refractivity contribution is 0.156. The van der Waals surface area contributed by atoms with Gasteiger partial charge in [-0.25, -0.2) is 0 Å². The van der Waals surface area contributed by atoms with Gasteiger partial charge in [0.2, 0.25) is 0 Å². The van der Waals surface area contributed by atoms with Crippen LogP contribution in [0.5, 0.6) is 0 Å². The van der Waals surface area contributed by atoms with E-state index in [9.17, 15) is 0 Å². The Hall–Kier alpha value is -0.0400.